The van der Waals surface area contributed by atoms with Crippen LogP contribution in [-0.2, 0) is 4.79 Å². The van der Waals surface area contributed by atoms with Gasteiger partial charge >= 0.3 is 0 Å². The minimum atomic E-state index is -0.0577. The van der Waals surface area contributed by atoms with Crippen LogP contribution in [0.5, 0.6) is 5.75 Å². The number of nitrogens with one attached hydrogen (secondary N) is 1. The Balaban J connectivity index is 1.82. The third-order valence-corrected chi connectivity index (χ3v) is 3.54. The molecule has 21 heavy (non-hydrogen) atoms. The number of aryl methyl sites for hydroxylation is 1. The number of anilines is 1. The zero-order valence-electron chi connectivity index (χ0n) is 12.2. The first kappa shape index (κ1) is 15.4. The molecule has 0 saturated carbocycles. The van der Waals surface area contributed by atoms with Gasteiger partial charge < -0.3 is 10.1 Å². The van der Waals surface area contributed by atoms with E-state index in [0.29, 0.717) is 23.8 Å². The van der Waals surface area contributed by atoms with Gasteiger partial charge in [-0.3, -0.25) is 4.79 Å². The van der Waals surface area contributed by atoms with Crippen LogP contribution in [0, 0.1) is 13.8 Å². The molecule has 0 bridgehead atoms. The van der Waals surface area contributed by atoms with E-state index >= 15 is 0 Å². The first-order valence-electron chi connectivity index (χ1n) is 6.80. The predicted molar refractivity (Wildman–Crippen MR) is 86.1 cm³/mol. The molecule has 110 valence electrons. The van der Waals surface area contributed by atoms with Crippen LogP contribution in [0.15, 0.2) is 42.5 Å². The molecule has 0 aliphatic rings. The summed E-state index contributed by atoms with van der Waals surface area (Å²) in [6, 6.07) is 12.9. The van der Waals surface area contributed by atoms with Crippen molar-refractivity contribution in [3.05, 3.63) is 58.6 Å². The molecular formula is C17H18ClNO2. The molecule has 2 rings (SSSR count). The minimum Gasteiger partial charge on any atom is -0.493 e. The Bertz CT molecular complexity index is 623. The van der Waals surface area contributed by atoms with Crippen molar-refractivity contribution < 1.29 is 9.53 Å². The maximum Gasteiger partial charge on any atom is 0.227 e. The smallest absolute Gasteiger partial charge is 0.227 e. The largest absolute Gasteiger partial charge is 0.493 e. The Kier molecular flexibility index (Phi) is 5.23. The summed E-state index contributed by atoms with van der Waals surface area (Å²) in [5, 5.41) is 3.57. The van der Waals surface area contributed by atoms with Gasteiger partial charge in [-0.05, 0) is 55.3 Å². The molecule has 1 amide bonds. The van der Waals surface area contributed by atoms with Crippen LogP contribution in [0.2, 0.25) is 5.02 Å². The molecule has 4 heteroatoms. The van der Waals surface area contributed by atoms with E-state index in [9.17, 15) is 4.79 Å². The zero-order valence-corrected chi connectivity index (χ0v) is 12.9. The summed E-state index contributed by atoms with van der Waals surface area (Å²) < 4.78 is 5.50. The zero-order chi connectivity index (χ0) is 15.2. The standard InChI is InChI=1S/C17H18ClNO2/c1-12-4-3-5-16(13(12)2)19-17(20)10-11-21-15-8-6-14(18)7-9-15/h3-9H,10-11H2,1-2H3,(H,19,20). The monoisotopic (exact) mass is 303 g/mol. The number of hydrogen-bond acceptors (Lipinski definition) is 2. The van der Waals surface area contributed by atoms with Crippen molar-refractivity contribution in [1.29, 1.82) is 0 Å². The van der Waals surface area contributed by atoms with Crippen molar-refractivity contribution in [2.45, 2.75) is 20.3 Å². The fraction of sp³-hybridized carbons (Fsp3) is 0.235. The van der Waals surface area contributed by atoms with Crippen molar-refractivity contribution in [3.63, 3.8) is 0 Å². The summed E-state index contributed by atoms with van der Waals surface area (Å²) in [5.41, 5.74) is 3.10. The van der Waals surface area contributed by atoms with Gasteiger partial charge in [0.15, 0.2) is 0 Å². The Morgan fingerprint density at radius 3 is 2.57 bits per heavy atom. The second-order valence-electron chi connectivity index (χ2n) is 4.85. The lowest BCUT2D eigenvalue weighted by atomic mass is 10.1. The third-order valence-electron chi connectivity index (χ3n) is 3.29. The van der Waals surface area contributed by atoms with Crippen molar-refractivity contribution >= 4 is 23.2 Å². The van der Waals surface area contributed by atoms with Gasteiger partial charge in [0.25, 0.3) is 0 Å². The SMILES string of the molecule is Cc1cccc(NC(=O)CCOc2ccc(Cl)cc2)c1C. The summed E-state index contributed by atoms with van der Waals surface area (Å²) in [5.74, 6) is 0.650. The number of hydrogen-bond donors (Lipinski definition) is 1. The van der Waals surface area contributed by atoms with Crippen molar-refractivity contribution in [3.8, 4) is 5.75 Å². The van der Waals surface area contributed by atoms with E-state index < -0.39 is 0 Å². The van der Waals surface area contributed by atoms with Crippen LogP contribution in [0.3, 0.4) is 0 Å². The lowest BCUT2D eigenvalue weighted by molar-refractivity contribution is -0.116. The van der Waals surface area contributed by atoms with Crippen LogP contribution in [0.1, 0.15) is 17.5 Å². The van der Waals surface area contributed by atoms with E-state index in [1.165, 1.54) is 0 Å². The van der Waals surface area contributed by atoms with Crippen molar-refractivity contribution in [2.75, 3.05) is 11.9 Å². The highest BCUT2D eigenvalue weighted by Crippen LogP contribution is 2.18. The predicted octanol–water partition coefficient (Wildman–Crippen LogP) is 4.36. The van der Waals surface area contributed by atoms with Gasteiger partial charge in [-0.15, -0.1) is 0 Å². The number of rotatable bonds is 5. The van der Waals surface area contributed by atoms with E-state index in [1.54, 1.807) is 24.3 Å². The average molecular weight is 304 g/mol. The fourth-order valence-electron chi connectivity index (χ4n) is 1.89. The minimum absolute atomic E-state index is 0.0577. The topological polar surface area (TPSA) is 38.3 Å². The Labute approximate surface area is 129 Å². The van der Waals surface area contributed by atoms with Gasteiger partial charge in [-0.25, -0.2) is 0 Å². The second-order valence-corrected chi connectivity index (χ2v) is 5.28. The molecule has 2 aromatic rings. The second kappa shape index (κ2) is 7.14. The highest BCUT2D eigenvalue weighted by Gasteiger charge is 2.06. The average Bonchev–Trinajstić information content (AvgIpc) is 2.46. The first-order chi connectivity index (χ1) is 10.1. The molecule has 2 aromatic carbocycles. The van der Waals surface area contributed by atoms with E-state index in [0.717, 1.165) is 16.8 Å². The van der Waals surface area contributed by atoms with E-state index in [-0.39, 0.29) is 5.91 Å². The van der Waals surface area contributed by atoms with Gasteiger partial charge in [0.2, 0.25) is 5.91 Å². The summed E-state index contributed by atoms with van der Waals surface area (Å²) in [6.45, 7) is 4.35. The first-order valence-corrected chi connectivity index (χ1v) is 7.18. The number of ether oxygens (including phenoxy) is 1. The third kappa shape index (κ3) is 4.50. The molecule has 0 fully saturated rings. The van der Waals surface area contributed by atoms with Gasteiger partial charge in [-0.1, -0.05) is 23.7 Å². The van der Waals surface area contributed by atoms with E-state index in [2.05, 4.69) is 5.32 Å². The molecule has 0 aliphatic heterocycles. The number of benzene rings is 2. The van der Waals surface area contributed by atoms with Crippen LogP contribution >= 0.6 is 11.6 Å². The van der Waals surface area contributed by atoms with Gasteiger partial charge in [0, 0.05) is 10.7 Å². The Hall–Kier alpha value is -2.00. The summed E-state index contributed by atoms with van der Waals surface area (Å²) in [6.07, 6.45) is 0.302. The number of amides is 1. The van der Waals surface area contributed by atoms with Crippen molar-refractivity contribution in [2.24, 2.45) is 0 Å². The maximum atomic E-state index is 11.9. The number of carbonyl (C=O) groups excluding carboxylic acids is 1. The maximum absolute atomic E-state index is 11.9. The molecule has 0 saturated heterocycles. The van der Waals surface area contributed by atoms with Crippen LogP contribution in [-0.4, -0.2) is 12.5 Å². The highest BCUT2D eigenvalue weighted by molar-refractivity contribution is 6.30. The lowest BCUT2D eigenvalue weighted by Crippen LogP contribution is -2.16. The van der Waals surface area contributed by atoms with Crippen molar-refractivity contribution in [1.82, 2.24) is 0 Å². The molecule has 0 spiro atoms. The van der Waals surface area contributed by atoms with Crippen LogP contribution < -0.4 is 10.1 Å². The highest BCUT2D eigenvalue weighted by atomic mass is 35.5. The molecule has 0 atom stereocenters. The van der Waals surface area contributed by atoms with Gasteiger partial charge in [0.1, 0.15) is 5.75 Å². The molecule has 1 N–H and O–H groups in total. The molecule has 3 nitrogen and oxygen atoms in total. The number of carbonyl (C=O) groups is 1. The molecule has 0 heterocycles. The quantitative estimate of drug-likeness (QED) is 0.891. The van der Waals surface area contributed by atoms with E-state index in [4.69, 9.17) is 16.3 Å². The van der Waals surface area contributed by atoms with Gasteiger partial charge in [0.05, 0.1) is 13.0 Å². The van der Waals surface area contributed by atoms with Crippen LogP contribution in [0.4, 0.5) is 5.69 Å². The summed E-state index contributed by atoms with van der Waals surface area (Å²) in [7, 11) is 0. The lowest BCUT2D eigenvalue weighted by Gasteiger charge is -2.11. The molecule has 0 unspecified atom stereocenters. The van der Waals surface area contributed by atoms with E-state index in [1.807, 2.05) is 32.0 Å². The molecule has 0 aromatic heterocycles. The summed E-state index contributed by atoms with van der Waals surface area (Å²) in [4.78, 5) is 11.9. The normalized spacial score (nSPS) is 10.2. The Morgan fingerprint density at radius 2 is 1.86 bits per heavy atom. The van der Waals surface area contributed by atoms with Crippen LogP contribution in [0.25, 0.3) is 0 Å². The van der Waals surface area contributed by atoms with Gasteiger partial charge in [-0.2, -0.15) is 0 Å². The molecule has 0 aliphatic carbocycles. The summed E-state index contributed by atoms with van der Waals surface area (Å²) >= 11 is 5.79. The number of halogens is 1. The molecule has 0 radical (unpaired) electrons. The Morgan fingerprint density at radius 1 is 1.14 bits per heavy atom. The fourth-order valence-corrected chi connectivity index (χ4v) is 2.02. The molecular weight excluding hydrogens is 286 g/mol.